The maximum Gasteiger partial charge on any atom is 0.417 e. The van der Waals surface area contributed by atoms with Gasteiger partial charge < -0.3 is 14.1 Å². The fourth-order valence-corrected chi connectivity index (χ4v) is 3.66. The number of nitrogens with zero attached hydrogens (tertiary/aromatic N) is 2. The van der Waals surface area contributed by atoms with Crippen molar-refractivity contribution in [3.63, 3.8) is 0 Å². The molecule has 1 aliphatic heterocycles. The van der Waals surface area contributed by atoms with E-state index in [9.17, 15) is 9.59 Å². The number of nitrogens with one attached hydrogen (secondary N) is 1. The molecule has 162 valence electrons. The molecule has 0 spiro atoms. The quantitative estimate of drug-likeness (QED) is 0.612. The lowest BCUT2D eigenvalue weighted by Gasteiger charge is -2.33. The Morgan fingerprint density at radius 2 is 1.87 bits per heavy atom. The van der Waals surface area contributed by atoms with Crippen molar-refractivity contribution in [1.29, 1.82) is 0 Å². The molecule has 1 aromatic heterocycles. The summed E-state index contributed by atoms with van der Waals surface area (Å²) in [7, 11) is 0. The first-order chi connectivity index (χ1) is 15.0. The zero-order valence-electron chi connectivity index (χ0n) is 16.6. The van der Waals surface area contributed by atoms with Gasteiger partial charge in [0, 0.05) is 42.8 Å². The monoisotopic (exact) mass is 461 g/mol. The average molecular weight is 462 g/mol. The fraction of sp³-hybridized carbons (Fsp3) is 0.273. The van der Waals surface area contributed by atoms with Crippen LogP contribution in [0.1, 0.15) is 11.1 Å². The Morgan fingerprint density at radius 3 is 2.61 bits per heavy atom. The van der Waals surface area contributed by atoms with Crippen molar-refractivity contribution in [1.82, 2.24) is 14.8 Å². The molecule has 2 heterocycles. The van der Waals surface area contributed by atoms with Gasteiger partial charge in [-0.1, -0.05) is 47.5 Å². The van der Waals surface area contributed by atoms with E-state index in [1.807, 2.05) is 24.3 Å². The lowest BCUT2D eigenvalue weighted by atomic mass is 10.2. The molecular formula is C22H21Cl2N3O4. The number of hydrogen-bond acceptors (Lipinski definition) is 5. The number of halogens is 2. The molecule has 1 amide bonds. The van der Waals surface area contributed by atoms with E-state index in [2.05, 4.69) is 9.88 Å². The fourth-order valence-electron chi connectivity index (χ4n) is 3.35. The van der Waals surface area contributed by atoms with E-state index in [4.69, 9.17) is 32.4 Å². The van der Waals surface area contributed by atoms with Crippen LogP contribution in [0.15, 0.2) is 57.8 Å². The molecule has 0 radical (unpaired) electrons. The van der Waals surface area contributed by atoms with Crippen LogP contribution in [0.25, 0.3) is 16.1 Å². The highest BCUT2D eigenvalue weighted by molar-refractivity contribution is 6.48. The Balaban J connectivity index is 1.25. The molecule has 31 heavy (non-hydrogen) atoms. The van der Waals surface area contributed by atoms with Crippen LogP contribution >= 0.6 is 23.2 Å². The summed E-state index contributed by atoms with van der Waals surface area (Å²) in [4.78, 5) is 30.1. The SMILES string of the molecule is O=C(OCc1ccc(Cl)cc1)N1CCN(C/C=C(\Cl)c2ccc3[nH]c(=O)oc3c2)CC1. The van der Waals surface area contributed by atoms with Gasteiger partial charge in [0.15, 0.2) is 5.58 Å². The first-order valence-electron chi connectivity index (χ1n) is 9.85. The zero-order chi connectivity index (χ0) is 21.8. The van der Waals surface area contributed by atoms with E-state index in [0.29, 0.717) is 40.8 Å². The second-order valence-corrected chi connectivity index (χ2v) is 8.09. The third kappa shape index (κ3) is 5.50. The number of oxazole rings is 1. The number of piperazine rings is 1. The number of H-pyrrole nitrogens is 1. The normalized spacial score (nSPS) is 15.4. The molecule has 7 nitrogen and oxygen atoms in total. The molecule has 0 aliphatic carbocycles. The number of rotatable bonds is 5. The first-order valence-corrected chi connectivity index (χ1v) is 10.6. The Morgan fingerprint density at radius 1 is 1.13 bits per heavy atom. The number of aromatic amines is 1. The van der Waals surface area contributed by atoms with Crippen molar-refractivity contribution in [3.05, 3.63) is 75.2 Å². The molecule has 0 bridgehead atoms. The predicted molar refractivity (Wildman–Crippen MR) is 120 cm³/mol. The second-order valence-electron chi connectivity index (χ2n) is 7.25. The summed E-state index contributed by atoms with van der Waals surface area (Å²) in [5.74, 6) is -0.489. The van der Waals surface area contributed by atoms with E-state index < -0.39 is 5.76 Å². The predicted octanol–water partition coefficient (Wildman–Crippen LogP) is 4.31. The zero-order valence-corrected chi connectivity index (χ0v) is 18.2. The summed E-state index contributed by atoms with van der Waals surface area (Å²) >= 11 is 12.3. The van der Waals surface area contributed by atoms with E-state index in [0.717, 1.165) is 24.2 Å². The number of benzene rings is 2. The average Bonchev–Trinajstić information content (AvgIpc) is 3.16. The Kier molecular flexibility index (Phi) is 6.65. The van der Waals surface area contributed by atoms with Crippen molar-refractivity contribution in [3.8, 4) is 0 Å². The molecule has 1 saturated heterocycles. The van der Waals surface area contributed by atoms with E-state index in [1.165, 1.54) is 0 Å². The third-order valence-corrected chi connectivity index (χ3v) is 5.76. The van der Waals surface area contributed by atoms with E-state index >= 15 is 0 Å². The number of carbonyl (C=O) groups excluding carboxylic acids is 1. The molecule has 1 fully saturated rings. The molecular weight excluding hydrogens is 441 g/mol. The minimum Gasteiger partial charge on any atom is -0.445 e. The molecule has 0 atom stereocenters. The van der Waals surface area contributed by atoms with Gasteiger partial charge in [-0.05, 0) is 35.4 Å². The highest BCUT2D eigenvalue weighted by Crippen LogP contribution is 2.22. The van der Waals surface area contributed by atoms with Crippen LogP contribution in [0.5, 0.6) is 0 Å². The van der Waals surface area contributed by atoms with Crippen molar-refractivity contribution in [2.24, 2.45) is 0 Å². The Hall–Kier alpha value is -2.74. The minimum absolute atomic E-state index is 0.222. The van der Waals surface area contributed by atoms with Crippen LogP contribution in [0.2, 0.25) is 5.02 Å². The number of ether oxygens (including phenoxy) is 1. The summed E-state index contributed by atoms with van der Waals surface area (Å²) in [6, 6.07) is 12.6. The van der Waals surface area contributed by atoms with Crippen LogP contribution in [0, 0.1) is 0 Å². The van der Waals surface area contributed by atoms with Crippen molar-refractivity contribution in [2.75, 3.05) is 32.7 Å². The van der Waals surface area contributed by atoms with Gasteiger partial charge in [-0.15, -0.1) is 0 Å². The molecule has 0 unspecified atom stereocenters. The summed E-state index contributed by atoms with van der Waals surface area (Å²) in [5.41, 5.74) is 2.78. The summed E-state index contributed by atoms with van der Waals surface area (Å²) in [6.07, 6.45) is 1.60. The Bertz CT molecular complexity index is 1150. The van der Waals surface area contributed by atoms with Crippen LogP contribution in [0.3, 0.4) is 0 Å². The molecule has 9 heteroatoms. The van der Waals surface area contributed by atoms with Gasteiger partial charge in [0.1, 0.15) is 6.61 Å². The Labute approximate surface area is 188 Å². The molecule has 2 aromatic carbocycles. The van der Waals surface area contributed by atoms with Crippen LogP contribution in [0.4, 0.5) is 4.79 Å². The van der Waals surface area contributed by atoms with Gasteiger partial charge in [-0.2, -0.15) is 0 Å². The number of amides is 1. The first kappa shape index (κ1) is 21.5. The molecule has 4 rings (SSSR count). The standard InChI is InChI=1S/C22H21Cl2N3O4/c23-17-4-1-15(2-5-17)14-30-22(29)27-11-9-26(10-12-27)8-7-18(24)16-3-6-19-20(13-16)31-21(28)25-19/h1-7,13H,8-12,14H2,(H,25,28)/b18-7-. The highest BCUT2D eigenvalue weighted by atomic mass is 35.5. The van der Waals surface area contributed by atoms with Crippen LogP contribution in [-0.2, 0) is 11.3 Å². The lowest BCUT2D eigenvalue weighted by molar-refractivity contribution is 0.0742. The lowest BCUT2D eigenvalue weighted by Crippen LogP contribution is -2.48. The number of fused-ring (bicyclic) bond motifs is 1. The molecule has 3 aromatic rings. The van der Waals surface area contributed by atoms with Crippen molar-refractivity contribution < 1.29 is 13.9 Å². The smallest absolute Gasteiger partial charge is 0.417 e. The number of hydrogen-bond donors (Lipinski definition) is 1. The van der Waals surface area contributed by atoms with Crippen LogP contribution in [-0.4, -0.2) is 53.6 Å². The summed E-state index contributed by atoms with van der Waals surface area (Å²) < 4.78 is 10.5. The van der Waals surface area contributed by atoms with Gasteiger partial charge in [-0.25, -0.2) is 9.59 Å². The van der Waals surface area contributed by atoms with Gasteiger partial charge in [-0.3, -0.25) is 9.88 Å². The maximum absolute atomic E-state index is 12.3. The van der Waals surface area contributed by atoms with Gasteiger partial charge in [0.05, 0.1) is 5.52 Å². The van der Waals surface area contributed by atoms with Crippen molar-refractivity contribution >= 4 is 45.4 Å². The molecule has 0 saturated carbocycles. The largest absolute Gasteiger partial charge is 0.445 e. The topological polar surface area (TPSA) is 78.8 Å². The summed E-state index contributed by atoms with van der Waals surface area (Å²) in [6.45, 7) is 3.50. The summed E-state index contributed by atoms with van der Waals surface area (Å²) in [5, 5.41) is 1.23. The minimum atomic E-state index is -0.489. The van der Waals surface area contributed by atoms with Gasteiger partial charge in [0.2, 0.25) is 0 Å². The third-order valence-electron chi connectivity index (χ3n) is 5.13. The number of carbonyl (C=O) groups is 1. The van der Waals surface area contributed by atoms with E-state index in [-0.39, 0.29) is 12.7 Å². The molecule has 1 aliphatic rings. The van der Waals surface area contributed by atoms with Crippen LogP contribution < -0.4 is 5.76 Å². The van der Waals surface area contributed by atoms with Crippen molar-refractivity contribution in [2.45, 2.75) is 6.61 Å². The van der Waals surface area contributed by atoms with E-state index in [1.54, 1.807) is 29.2 Å². The van der Waals surface area contributed by atoms with Gasteiger partial charge >= 0.3 is 11.8 Å². The maximum atomic E-state index is 12.3. The second kappa shape index (κ2) is 9.60. The highest BCUT2D eigenvalue weighted by Gasteiger charge is 2.21. The van der Waals surface area contributed by atoms with Gasteiger partial charge in [0.25, 0.3) is 0 Å². The number of aromatic nitrogens is 1. The molecule has 1 N–H and O–H groups in total.